The largest absolute Gasteiger partial charge is 0.421 e. The number of allylic oxidation sites excluding steroid dienone is 1. The number of likely N-dealkylation sites (tertiary alicyclic amines) is 1. The van der Waals surface area contributed by atoms with Gasteiger partial charge in [-0.3, -0.25) is 9.78 Å². The highest BCUT2D eigenvalue weighted by Gasteiger charge is 2.27. The molecule has 29 heavy (non-hydrogen) atoms. The normalized spacial score (nSPS) is 19.9. The van der Waals surface area contributed by atoms with Gasteiger partial charge in [0.25, 0.3) is 0 Å². The molecule has 1 N–H and O–H groups in total. The standard InChI is InChI=1S/C21H27N7O/c1-3-27-9-5-6-15(12-27)21-26-25-20(29-21)14-7-8-18-17(10-14)19(24-23-18)16-11-22-28(4-2)13-16/h10-11,13,15H,3-9,12H2,1-2H3,(H,23,24). The van der Waals surface area contributed by atoms with Crippen LogP contribution in [0, 0.1) is 0 Å². The van der Waals surface area contributed by atoms with Crippen LogP contribution in [0.3, 0.4) is 0 Å². The molecule has 8 heteroatoms. The van der Waals surface area contributed by atoms with Crippen molar-refractivity contribution in [1.29, 1.82) is 0 Å². The van der Waals surface area contributed by atoms with Crippen molar-refractivity contribution in [2.75, 3.05) is 19.6 Å². The third-order valence-electron chi connectivity index (χ3n) is 6.09. The van der Waals surface area contributed by atoms with Crippen LogP contribution in [0.4, 0.5) is 0 Å². The molecule has 1 saturated heterocycles. The maximum Gasteiger partial charge on any atom is 0.243 e. The highest BCUT2D eigenvalue weighted by atomic mass is 16.4. The number of fused-ring (bicyclic) bond motifs is 1. The van der Waals surface area contributed by atoms with Gasteiger partial charge in [0.15, 0.2) is 0 Å². The van der Waals surface area contributed by atoms with E-state index in [0.29, 0.717) is 11.8 Å². The maximum absolute atomic E-state index is 6.15. The van der Waals surface area contributed by atoms with Gasteiger partial charge >= 0.3 is 0 Å². The van der Waals surface area contributed by atoms with Crippen molar-refractivity contribution < 1.29 is 4.42 Å². The first-order valence-corrected chi connectivity index (χ1v) is 10.6. The van der Waals surface area contributed by atoms with Crippen molar-refractivity contribution >= 4 is 11.6 Å². The van der Waals surface area contributed by atoms with E-state index in [1.165, 1.54) is 13.0 Å². The molecule has 1 atom stereocenters. The molecule has 8 nitrogen and oxygen atoms in total. The summed E-state index contributed by atoms with van der Waals surface area (Å²) in [6.07, 6.45) is 10.1. The molecule has 1 unspecified atom stereocenters. The Bertz CT molecular complexity index is 1030. The number of aryl methyl sites for hydroxylation is 2. The molecule has 4 heterocycles. The molecule has 2 aliphatic rings. The van der Waals surface area contributed by atoms with Gasteiger partial charge < -0.3 is 9.32 Å². The van der Waals surface area contributed by atoms with Crippen molar-refractivity contribution in [1.82, 2.24) is 35.1 Å². The molecule has 152 valence electrons. The second-order valence-electron chi connectivity index (χ2n) is 7.90. The van der Waals surface area contributed by atoms with Crippen molar-refractivity contribution in [3.63, 3.8) is 0 Å². The Morgan fingerprint density at radius 3 is 2.97 bits per heavy atom. The van der Waals surface area contributed by atoms with Crippen LogP contribution in [0.15, 0.2) is 16.8 Å². The smallest absolute Gasteiger partial charge is 0.243 e. The number of piperidine rings is 1. The van der Waals surface area contributed by atoms with Crippen molar-refractivity contribution in [3.8, 4) is 11.3 Å². The van der Waals surface area contributed by atoms with E-state index in [4.69, 9.17) is 4.42 Å². The first-order valence-electron chi connectivity index (χ1n) is 10.6. The van der Waals surface area contributed by atoms with Crippen LogP contribution in [0.1, 0.15) is 62.1 Å². The second-order valence-corrected chi connectivity index (χ2v) is 7.90. The molecule has 0 bridgehead atoms. The van der Waals surface area contributed by atoms with Gasteiger partial charge in [-0.1, -0.05) is 6.92 Å². The first kappa shape index (κ1) is 18.3. The molecule has 1 fully saturated rings. The Morgan fingerprint density at radius 2 is 2.14 bits per heavy atom. The van der Waals surface area contributed by atoms with Gasteiger partial charge in [-0.2, -0.15) is 10.2 Å². The Hall–Kier alpha value is -2.74. The summed E-state index contributed by atoms with van der Waals surface area (Å²) in [6, 6.07) is 0. The van der Waals surface area contributed by atoms with Crippen molar-refractivity contribution in [2.45, 2.75) is 52.0 Å². The van der Waals surface area contributed by atoms with E-state index in [0.717, 1.165) is 72.9 Å². The number of hydrogen-bond donors (Lipinski definition) is 1. The van der Waals surface area contributed by atoms with E-state index in [1.54, 1.807) is 0 Å². The molecule has 1 aliphatic heterocycles. The summed E-state index contributed by atoms with van der Waals surface area (Å²) in [5.41, 5.74) is 5.30. The molecule has 1 aliphatic carbocycles. The van der Waals surface area contributed by atoms with Gasteiger partial charge in [0.2, 0.25) is 11.8 Å². The van der Waals surface area contributed by atoms with Crippen LogP contribution in [0.5, 0.6) is 0 Å². The SMILES string of the molecule is CCN1CCCC(c2nnc(C3=Cc4c(-c5cnn(CC)c5)n[nH]c4CC3)o2)C1. The van der Waals surface area contributed by atoms with Gasteiger partial charge in [-0.05, 0) is 51.8 Å². The van der Waals surface area contributed by atoms with Crippen LogP contribution in [0.25, 0.3) is 22.9 Å². The Kier molecular flexibility index (Phi) is 4.79. The fourth-order valence-electron chi connectivity index (χ4n) is 4.36. The summed E-state index contributed by atoms with van der Waals surface area (Å²) in [7, 11) is 0. The van der Waals surface area contributed by atoms with Gasteiger partial charge in [-0.15, -0.1) is 10.2 Å². The molecule has 0 radical (unpaired) electrons. The summed E-state index contributed by atoms with van der Waals surface area (Å²) in [5, 5.41) is 20.9. The predicted octanol–water partition coefficient (Wildman–Crippen LogP) is 3.36. The lowest BCUT2D eigenvalue weighted by molar-refractivity contribution is 0.201. The van der Waals surface area contributed by atoms with E-state index in [2.05, 4.69) is 50.3 Å². The minimum atomic E-state index is 0.342. The van der Waals surface area contributed by atoms with E-state index in [-0.39, 0.29) is 0 Å². The third kappa shape index (κ3) is 3.42. The summed E-state index contributed by atoms with van der Waals surface area (Å²) in [4.78, 5) is 2.46. The molecule has 0 aromatic carbocycles. The number of rotatable bonds is 5. The van der Waals surface area contributed by atoms with E-state index in [1.807, 2.05) is 17.1 Å². The molecule has 0 saturated carbocycles. The first-order chi connectivity index (χ1) is 14.2. The van der Waals surface area contributed by atoms with Crippen molar-refractivity contribution in [2.24, 2.45) is 0 Å². The van der Waals surface area contributed by atoms with E-state index >= 15 is 0 Å². The number of nitrogens with one attached hydrogen (secondary N) is 1. The average Bonchev–Trinajstić information content (AvgIpc) is 3.52. The zero-order chi connectivity index (χ0) is 19.8. The van der Waals surface area contributed by atoms with Gasteiger partial charge in [0, 0.05) is 41.7 Å². The molecular formula is C21H27N7O. The molecule has 0 amide bonds. The summed E-state index contributed by atoms with van der Waals surface area (Å²) >= 11 is 0. The predicted molar refractivity (Wildman–Crippen MR) is 110 cm³/mol. The van der Waals surface area contributed by atoms with Crippen LogP contribution < -0.4 is 0 Å². The molecular weight excluding hydrogens is 366 g/mol. The lowest BCUT2D eigenvalue weighted by Crippen LogP contribution is -2.34. The number of aromatic amines is 1. The molecule has 5 rings (SSSR count). The Morgan fingerprint density at radius 1 is 1.21 bits per heavy atom. The molecule has 3 aromatic rings. The number of H-pyrrole nitrogens is 1. The lowest BCUT2D eigenvalue weighted by Gasteiger charge is -2.29. The zero-order valence-corrected chi connectivity index (χ0v) is 17.1. The fraction of sp³-hybridized carbons (Fsp3) is 0.524. The molecule has 3 aromatic heterocycles. The Labute approximate surface area is 170 Å². The number of aromatic nitrogens is 6. The second kappa shape index (κ2) is 7.59. The van der Waals surface area contributed by atoms with Crippen LogP contribution >= 0.6 is 0 Å². The summed E-state index contributed by atoms with van der Waals surface area (Å²) in [5.74, 6) is 1.77. The maximum atomic E-state index is 6.15. The van der Waals surface area contributed by atoms with Gasteiger partial charge in [-0.25, -0.2) is 0 Å². The fourth-order valence-corrected chi connectivity index (χ4v) is 4.36. The topological polar surface area (TPSA) is 88.7 Å². The van der Waals surface area contributed by atoms with Crippen LogP contribution in [-0.4, -0.2) is 54.7 Å². The average molecular weight is 393 g/mol. The highest BCUT2D eigenvalue weighted by molar-refractivity contribution is 5.86. The van der Waals surface area contributed by atoms with E-state index in [9.17, 15) is 0 Å². The van der Waals surface area contributed by atoms with Crippen molar-refractivity contribution in [3.05, 3.63) is 35.4 Å². The van der Waals surface area contributed by atoms with Gasteiger partial charge in [0.05, 0.1) is 12.1 Å². The zero-order valence-electron chi connectivity index (χ0n) is 17.1. The minimum Gasteiger partial charge on any atom is -0.421 e. The highest BCUT2D eigenvalue weighted by Crippen LogP contribution is 2.35. The minimum absolute atomic E-state index is 0.342. The lowest BCUT2D eigenvalue weighted by atomic mass is 9.95. The van der Waals surface area contributed by atoms with Gasteiger partial charge in [0.1, 0.15) is 5.69 Å². The van der Waals surface area contributed by atoms with E-state index < -0.39 is 0 Å². The van der Waals surface area contributed by atoms with Crippen LogP contribution in [0.2, 0.25) is 0 Å². The quantitative estimate of drug-likeness (QED) is 0.715. The van der Waals surface area contributed by atoms with Crippen LogP contribution in [-0.2, 0) is 13.0 Å². The summed E-state index contributed by atoms with van der Waals surface area (Å²) < 4.78 is 8.06. The number of nitrogens with zero attached hydrogens (tertiary/aromatic N) is 6. The number of hydrogen-bond acceptors (Lipinski definition) is 6. The summed E-state index contributed by atoms with van der Waals surface area (Å²) in [6.45, 7) is 8.37. The Balaban J connectivity index is 1.42. The third-order valence-corrected chi connectivity index (χ3v) is 6.09. The monoisotopic (exact) mass is 393 g/mol. The number of likely N-dealkylation sites (N-methyl/N-ethyl adjacent to an activating group) is 1. The molecule has 0 spiro atoms.